The summed E-state index contributed by atoms with van der Waals surface area (Å²) in [5, 5.41) is 22.0. The van der Waals surface area contributed by atoms with Gasteiger partial charge in [-0.3, -0.25) is 4.79 Å². The Bertz CT molecular complexity index is 1550. The fourth-order valence-corrected chi connectivity index (χ4v) is 7.29. The summed E-state index contributed by atoms with van der Waals surface area (Å²) in [5.41, 5.74) is 1.21. The normalized spacial score (nSPS) is 18.3. The molecule has 11 heteroatoms. The van der Waals surface area contributed by atoms with E-state index in [9.17, 15) is 28.4 Å². The van der Waals surface area contributed by atoms with Gasteiger partial charge >= 0.3 is 5.97 Å². The molecule has 0 aliphatic carbocycles. The zero-order valence-corrected chi connectivity index (χ0v) is 23.2. The van der Waals surface area contributed by atoms with E-state index in [0.717, 1.165) is 15.4 Å². The van der Waals surface area contributed by atoms with Crippen molar-refractivity contribution < 1.29 is 23.1 Å². The first-order valence-electron chi connectivity index (χ1n) is 12.1. The highest BCUT2D eigenvalue weighted by Gasteiger charge is 2.50. The molecule has 3 aromatic carbocycles. The van der Waals surface area contributed by atoms with E-state index in [2.05, 4.69) is 11.4 Å². The molecular weight excluding hydrogens is 561 g/mol. The lowest BCUT2D eigenvalue weighted by Gasteiger charge is -2.34. The summed E-state index contributed by atoms with van der Waals surface area (Å²) in [6, 6.07) is 19.0. The molecule has 0 aromatic heterocycles. The standard InChI is InChI=1S/C28H25Cl2N3O5S/c1-28(11-4-12-33(28)39(37,38)23-15-21(29)14-22(30)16-23)27(36)32-25(26(34)35)13-18-7-9-19(10-8-18)24-6-3-2-5-20(24)17-31/h2-3,5-10,14-16,25H,4,11-13H2,1H3,(H,32,36)(H,34,35)/t25-,28-/m0/s1. The van der Waals surface area contributed by atoms with E-state index >= 15 is 0 Å². The number of aliphatic carboxylic acids is 1. The van der Waals surface area contributed by atoms with Crippen LogP contribution in [0.15, 0.2) is 71.6 Å². The lowest BCUT2D eigenvalue weighted by molar-refractivity contribution is -0.143. The van der Waals surface area contributed by atoms with Gasteiger partial charge in [-0.05, 0) is 60.7 Å². The maximum absolute atomic E-state index is 13.5. The molecule has 0 unspecified atom stereocenters. The molecule has 2 N–H and O–H groups in total. The van der Waals surface area contributed by atoms with E-state index in [4.69, 9.17) is 23.2 Å². The van der Waals surface area contributed by atoms with Crippen molar-refractivity contribution in [1.29, 1.82) is 5.26 Å². The average Bonchev–Trinajstić information content (AvgIpc) is 3.31. The third-order valence-electron chi connectivity index (χ3n) is 6.84. The summed E-state index contributed by atoms with van der Waals surface area (Å²) in [4.78, 5) is 25.4. The van der Waals surface area contributed by atoms with Crippen LogP contribution in [0.2, 0.25) is 10.0 Å². The Hall–Kier alpha value is -3.42. The van der Waals surface area contributed by atoms with Gasteiger partial charge in [-0.15, -0.1) is 0 Å². The summed E-state index contributed by atoms with van der Waals surface area (Å²) >= 11 is 12.0. The van der Waals surface area contributed by atoms with Crippen LogP contribution in [0, 0.1) is 11.3 Å². The first-order chi connectivity index (χ1) is 18.5. The Morgan fingerprint density at radius 1 is 1.10 bits per heavy atom. The number of carboxylic acid groups (broad SMARTS) is 1. The van der Waals surface area contributed by atoms with Gasteiger partial charge in [-0.2, -0.15) is 9.57 Å². The Morgan fingerprint density at radius 3 is 2.36 bits per heavy atom. The number of hydrogen-bond acceptors (Lipinski definition) is 5. The SMILES string of the molecule is C[C@@]1(C(=O)N[C@@H](Cc2ccc(-c3ccccc3C#N)cc2)C(=O)O)CCCN1S(=O)(=O)c1cc(Cl)cc(Cl)c1. The minimum Gasteiger partial charge on any atom is -0.480 e. The molecular formula is C28H25Cl2N3O5S. The molecule has 1 amide bonds. The number of benzene rings is 3. The van der Waals surface area contributed by atoms with Crippen molar-refractivity contribution in [2.75, 3.05) is 6.54 Å². The summed E-state index contributed by atoms with van der Waals surface area (Å²) in [6.07, 6.45) is 0.612. The van der Waals surface area contributed by atoms with Gasteiger partial charge in [-0.1, -0.05) is 65.7 Å². The molecule has 1 aliphatic heterocycles. The highest BCUT2D eigenvalue weighted by molar-refractivity contribution is 7.89. The van der Waals surface area contributed by atoms with Crippen molar-refractivity contribution in [3.63, 3.8) is 0 Å². The molecule has 39 heavy (non-hydrogen) atoms. The molecule has 1 heterocycles. The number of halogens is 2. The highest BCUT2D eigenvalue weighted by atomic mass is 35.5. The van der Waals surface area contributed by atoms with Crippen LogP contribution in [0.3, 0.4) is 0 Å². The minimum atomic E-state index is -4.15. The monoisotopic (exact) mass is 585 g/mol. The highest BCUT2D eigenvalue weighted by Crippen LogP contribution is 2.36. The molecule has 0 radical (unpaired) electrons. The number of nitriles is 1. The van der Waals surface area contributed by atoms with E-state index in [1.165, 1.54) is 25.1 Å². The van der Waals surface area contributed by atoms with Gasteiger partial charge in [0.1, 0.15) is 11.6 Å². The van der Waals surface area contributed by atoms with Gasteiger partial charge in [-0.25, -0.2) is 13.2 Å². The molecule has 202 valence electrons. The summed E-state index contributed by atoms with van der Waals surface area (Å²) in [7, 11) is -4.15. The maximum Gasteiger partial charge on any atom is 0.326 e. The van der Waals surface area contributed by atoms with Crippen LogP contribution in [0.1, 0.15) is 30.9 Å². The Morgan fingerprint density at radius 2 is 1.74 bits per heavy atom. The number of rotatable bonds is 8. The molecule has 1 fully saturated rings. The maximum atomic E-state index is 13.5. The quantitative estimate of drug-likeness (QED) is 0.387. The van der Waals surface area contributed by atoms with Crippen LogP contribution in [0.25, 0.3) is 11.1 Å². The molecule has 1 saturated heterocycles. The Labute approximate surface area is 236 Å². The zero-order valence-electron chi connectivity index (χ0n) is 20.9. The van der Waals surface area contributed by atoms with Crippen molar-refractivity contribution in [2.24, 2.45) is 0 Å². The largest absolute Gasteiger partial charge is 0.480 e. The number of amides is 1. The van der Waals surface area contributed by atoms with Crippen molar-refractivity contribution in [3.05, 3.63) is 87.9 Å². The first kappa shape index (κ1) is 28.6. The predicted molar refractivity (Wildman–Crippen MR) is 148 cm³/mol. The van der Waals surface area contributed by atoms with Crippen LogP contribution in [-0.4, -0.2) is 47.8 Å². The number of carbonyl (C=O) groups is 2. The predicted octanol–water partition coefficient (Wildman–Crippen LogP) is 4.89. The van der Waals surface area contributed by atoms with Crippen molar-refractivity contribution in [2.45, 2.75) is 42.7 Å². The second kappa shape index (κ2) is 11.4. The fraction of sp³-hybridized carbons (Fsp3) is 0.250. The van der Waals surface area contributed by atoms with Gasteiger partial charge < -0.3 is 10.4 Å². The Kier molecular flexibility index (Phi) is 8.33. The molecule has 0 bridgehead atoms. The summed E-state index contributed by atoms with van der Waals surface area (Å²) in [6.45, 7) is 1.57. The average molecular weight is 586 g/mol. The second-order valence-corrected chi connectivity index (χ2v) is 12.2. The molecule has 0 saturated carbocycles. The molecule has 0 spiro atoms. The molecule has 4 rings (SSSR count). The van der Waals surface area contributed by atoms with E-state index in [0.29, 0.717) is 17.5 Å². The van der Waals surface area contributed by atoms with E-state index in [-0.39, 0.29) is 34.3 Å². The number of nitrogens with one attached hydrogen (secondary N) is 1. The third kappa shape index (κ3) is 5.94. The van der Waals surface area contributed by atoms with Gasteiger partial charge in [0, 0.05) is 23.0 Å². The second-order valence-electron chi connectivity index (χ2n) is 9.48. The van der Waals surface area contributed by atoms with Crippen LogP contribution in [0.5, 0.6) is 0 Å². The smallest absolute Gasteiger partial charge is 0.326 e. The third-order valence-corrected chi connectivity index (χ3v) is 9.28. The summed E-state index contributed by atoms with van der Waals surface area (Å²) < 4.78 is 28.0. The zero-order chi connectivity index (χ0) is 28.4. The van der Waals surface area contributed by atoms with Crippen molar-refractivity contribution in [1.82, 2.24) is 9.62 Å². The van der Waals surface area contributed by atoms with Crippen LogP contribution >= 0.6 is 23.2 Å². The molecule has 2 atom stereocenters. The topological polar surface area (TPSA) is 128 Å². The molecule has 3 aromatic rings. The van der Waals surface area contributed by atoms with E-state index in [1.807, 2.05) is 12.1 Å². The van der Waals surface area contributed by atoms with Gasteiger partial charge in [0.25, 0.3) is 0 Å². The minimum absolute atomic E-state index is 0.0199. The number of carboxylic acids is 1. The molecule has 1 aliphatic rings. The number of hydrogen-bond donors (Lipinski definition) is 2. The lowest BCUT2D eigenvalue weighted by atomic mass is 9.96. The van der Waals surface area contributed by atoms with Gasteiger partial charge in [0.05, 0.1) is 16.5 Å². The van der Waals surface area contributed by atoms with E-state index < -0.39 is 33.5 Å². The fourth-order valence-electron chi connectivity index (χ4n) is 4.76. The van der Waals surface area contributed by atoms with Crippen LogP contribution in [-0.2, 0) is 26.0 Å². The Balaban J connectivity index is 1.54. The van der Waals surface area contributed by atoms with Crippen LogP contribution < -0.4 is 5.32 Å². The number of nitrogens with zero attached hydrogens (tertiary/aromatic N) is 2. The summed E-state index contributed by atoms with van der Waals surface area (Å²) in [5.74, 6) is -1.96. The van der Waals surface area contributed by atoms with Crippen molar-refractivity contribution >= 4 is 45.1 Å². The van der Waals surface area contributed by atoms with E-state index in [1.54, 1.807) is 36.4 Å². The molecule has 8 nitrogen and oxygen atoms in total. The van der Waals surface area contributed by atoms with Gasteiger partial charge in [0.2, 0.25) is 15.9 Å². The first-order valence-corrected chi connectivity index (χ1v) is 14.3. The van der Waals surface area contributed by atoms with Crippen molar-refractivity contribution in [3.8, 4) is 17.2 Å². The lowest BCUT2D eigenvalue weighted by Crippen LogP contribution is -2.58. The van der Waals surface area contributed by atoms with Crippen LogP contribution in [0.4, 0.5) is 0 Å². The van der Waals surface area contributed by atoms with Gasteiger partial charge in [0.15, 0.2) is 0 Å². The number of carbonyl (C=O) groups excluding carboxylic acids is 1. The number of sulfonamides is 1.